The molecule has 10 nitrogen and oxygen atoms in total. The van der Waals surface area contributed by atoms with Gasteiger partial charge in [0.1, 0.15) is 5.76 Å². The van der Waals surface area contributed by atoms with Crippen molar-refractivity contribution in [1.29, 1.82) is 5.41 Å². The fourth-order valence-electron chi connectivity index (χ4n) is 3.77. The average Bonchev–Trinajstić information content (AvgIpc) is 3.25. The number of likely N-dealkylation sites (N-methyl/N-ethyl adjacent to an activating group) is 2. The van der Waals surface area contributed by atoms with Crippen molar-refractivity contribution in [3.63, 3.8) is 0 Å². The molecule has 0 fully saturated rings. The largest absolute Gasteiger partial charge is 0.505 e. The first kappa shape index (κ1) is 27.9. The van der Waals surface area contributed by atoms with E-state index in [1.807, 2.05) is 19.9 Å². The second-order valence-corrected chi connectivity index (χ2v) is 9.85. The van der Waals surface area contributed by atoms with Gasteiger partial charge in [-0.15, -0.1) is 4.40 Å². The number of rotatable bonds is 7. The smallest absolute Gasteiger partial charge is 0.257 e. The maximum absolute atomic E-state index is 12.5. The van der Waals surface area contributed by atoms with Crippen LogP contribution in [0.3, 0.4) is 0 Å². The van der Waals surface area contributed by atoms with Gasteiger partial charge in [-0.1, -0.05) is 33.8 Å². The van der Waals surface area contributed by atoms with E-state index < -0.39 is 16.8 Å². The Morgan fingerprint density at radius 2 is 1.74 bits per heavy atom. The van der Waals surface area contributed by atoms with Crippen LogP contribution in [-0.4, -0.2) is 69.1 Å². The Hall–Kier alpha value is -3.34. The minimum atomic E-state index is -3.25. The molecule has 2 aromatic rings. The minimum Gasteiger partial charge on any atom is -0.505 e. The van der Waals surface area contributed by atoms with Crippen molar-refractivity contribution in [2.24, 2.45) is 10.3 Å². The first-order valence-electron chi connectivity index (χ1n) is 11.2. The van der Waals surface area contributed by atoms with Crippen LogP contribution in [0.1, 0.15) is 61.3 Å². The third-order valence-electron chi connectivity index (χ3n) is 5.72. The standard InChI is InChI=1S/C24H35N5O5S/c1-14(2)16-12-19(34-13-16)20(15(3)4)29(8)22(25)23(26-35(32)33)28(7)18-11-9-10-17(21(18)30)24(31)27(5)6/h9-15,20,25,30,35H,1-8H3/b25-22?,26-23+/t20-/m1/s1. The number of aromatic hydroxyl groups is 1. The van der Waals surface area contributed by atoms with Gasteiger partial charge in [0, 0.05) is 28.2 Å². The third-order valence-corrected chi connectivity index (χ3v) is 6.07. The molecule has 192 valence electrons. The van der Waals surface area contributed by atoms with Gasteiger partial charge in [-0.25, -0.2) is 8.42 Å². The molecule has 0 radical (unpaired) electrons. The van der Waals surface area contributed by atoms with Gasteiger partial charge in [-0.05, 0) is 35.6 Å². The highest BCUT2D eigenvalue weighted by molar-refractivity contribution is 7.71. The van der Waals surface area contributed by atoms with E-state index in [1.165, 1.54) is 29.0 Å². The summed E-state index contributed by atoms with van der Waals surface area (Å²) < 4.78 is 32.8. The molecule has 0 spiro atoms. The highest BCUT2D eigenvalue weighted by Crippen LogP contribution is 2.34. The molecule has 0 saturated heterocycles. The van der Waals surface area contributed by atoms with E-state index >= 15 is 0 Å². The lowest BCUT2D eigenvalue weighted by molar-refractivity contribution is 0.0824. The number of phenolic OH excluding ortho intramolecular Hbond substituents is 1. The molecule has 1 heterocycles. The number of nitrogens with zero attached hydrogens (tertiary/aromatic N) is 4. The van der Waals surface area contributed by atoms with Gasteiger partial charge in [-0.3, -0.25) is 10.2 Å². The van der Waals surface area contributed by atoms with Gasteiger partial charge in [-0.2, -0.15) is 0 Å². The Morgan fingerprint density at radius 1 is 1.11 bits per heavy atom. The predicted molar refractivity (Wildman–Crippen MR) is 138 cm³/mol. The fourth-order valence-corrected chi connectivity index (χ4v) is 4.15. The molecule has 0 aliphatic rings. The van der Waals surface area contributed by atoms with Gasteiger partial charge in [0.05, 0.1) is 23.6 Å². The molecule has 11 heteroatoms. The zero-order valence-corrected chi connectivity index (χ0v) is 22.3. The number of carbonyl (C=O) groups excluding carboxylic acids is 1. The van der Waals surface area contributed by atoms with Gasteiger partial charge < -0.3 is 24.2 Å². The van der Waals surface area contributed by atoms with E-state index in [-0.39, 0.29) is 46.5 Å². The van der Waals surface area contributed by atoms with Crippen molar-refractivity contribution in [3.8, 4) is 5.75 Å². The second-order valence-electron chi connectivity index (χ2n) is 9.18. The van der Waals surface area contributed by atoms with Crippen LogP contribution in [0.25, 0.3) is 0 Å². The Balaban J connectivity index is 2.53. The molecular weight excluding hydrogens is 470 g/mol. The summed E-state index contributed by atoms with van der Waals surface area (Å²) in [5.41, 5.74) is 1.20. The van der Waals surface area contributed by atoms with E-state index in [2.05, 4.69) is 18.2 Å². The van der Waals surface area contributed by atoms with Crippen LogP contribution in [0.5, 0.6) is 5.75 Å². The molecule has 35 heavy (non-hydrogen) atoms. The predicted octanol–water partition coefficient (Wildman–Crippen LogP) is 3.48. The Morgan fingerprint density at radius 3 is 2.23 bits per heavy atom. The summed E-state index contributed by atoms with van der Waals surface area (Å²) in [6, 6.07) is 6.11. The van der Waals surface area contributed by atoms with Crippen LogP contribution in [0.2, 0.25) is 0 Å². The Kier molecular flexibility index (Phi) is 9.08. The number of benzene rings is 1. The summed E-state index contributed by atoms with van der Waals surface area (Å²) in [6.45, 7) is 8.05. The number of carbonyl (C=O) groups is 1. The number of hydrogen-bond acceptors (Lipinski definition) is 6. The Labute approximate surface area is 208 Å². The highest BCUT2D eigenvalue weighted by Gasteiger charge is 2.31. The molecule has 0 aliphatic heterocycles. The molecule has 2 N–H and O–H groups in total. The maximum atomic E-state index is 12.5. The van der Waals surface area contributed by atoms with Gasteiger partial charge in [0.15, 0.2) is 17.4 Å². The Bertz CT molecular complexity index is 1170. The summed E-state index contributed by atoms with van der Waals surface area (Å²) in [4.78, 5) is 16.7. The molecule has 2 rings (SSSR count). The van der Waals surface area contributed by atoms with Crippen LogP contribution in [0, 0.1) is 11.3 Å². The maximum Gasteiger partial charge on any atom is 0.257 e. The van der Waals surface area contributed by atoms with E-state index in [0.717, 1.165) is 5.56 Å². The summed E-state index contributed by atoms with van der Waals surface area (Å²) >= 11 is 0. The van der Waals surface area contributed by atoms with Crippen LogP contribution >= 0.6 is 0 Å². The van der Waals surface area contributed by atoms with Gasteiger partial charge >= 0.3 is 0 Å². The van der Waals surface area contributed by atoms with E-state index in [1.54, 1.807) is 38.4 Å². The van der Waals surface area contributed by atoms with E-state index in [9.17, 15) is 18.3 Å². The lowest BCUT2D eigenvalue weighted by atomic mass is 9.98. The van der Waals surface area contributed by atoms with Crippen molar-refractivity contribution >= 4 is 34.2 Å². The molecule has 1 atom stereocenters. The molecular formula is C24H35N5O5S. The number of para-hydroxylation sites is 1. The quantitative estimate of drug-likeness (QED) is 0.298. The van der Waals surface area contributed by atoms with Crippen LogP contribution in [0.15, 0.2) is 39.3 Å². The van der Waals surface area contributed by atoms with E-state index in [0.29, 0.717) is 5.76 Å². The monoisotopic (exact) mass is 505 g/mol. The topological polar surface area (TPSA) is 131 Å². The molecule has 0 bridgehead atoms. The highest BCUT2D eigenvalue weighted by atomic mass is 32.2. The number of amidine groups is 2. The zero-order valence-electron chi connectivity index (χ0n) is 21.4. The van der Waals surface area contributed by atoms with Crippen LogP contribution in [-0.2, 0) is 10.9 Å². The number of nitrogens with one attached hydrogen (secondary N) is 1. The normalized spacial score (nSPS) is 12.8. The summed E-state index contributed by atoms with van der Waals surface area (Å²) in [6.07, 6.45) is 1.69. The fraction of sp³-hybridized carbons (Fsp3) is 0.458. The van der Waals surface area contributed by atoms with Crippen molar-refractivity contribution in [1.82, 2.24) is 9.80 Å². The number of furan rings is 1. The number of hydrogen-bond donors (Lipinski definition) is 3. The van der Waals surface area contributed by atoms with Crippen LogP contribution in [0.4, 0.5) is 5.69 Å². The molecule has 0 aliphatic carbocycles. The lowest BCUT2D eigenvalue weighted by Crippen LogP contribution is -2.44. The first-order chi connectivity index (χ1) is 16.3. The van der Waals surface area contributed by atoms with Crippen molar-refractivity contribution in [2.45, 2.75) is 39.7 Å². The molecule has 1 aromatic heterocycles. The van der Waals surface area contributed by atoms with Crippen molar-refractivity contribution in [2.75, 3.05) is 33.1 Å². The molecule has 0 saturated carbocycles. The summed E-state index contributed by atoms with van der Waals surface area (Å²) in [5, 5.41) is 19.7. The molecule has 0 unspecified atom stereocenters. The van der Waals surface area contributed by atoms with Crippen molar-refractivity contribution in [3.05, 3.63) is 47.4 Å². The second kappa shape index (κ2) is 11.4. The van der Waals surface area contributed by atoms with Gasteiger partial charge in [0.2, 0.25) is 10.9 Å². The number of anilines is 1. The number of amides is 1. The molecule has 1 aromatic carbocycles. The van der Waals surface area contributed by atoms with Crippen LogP contribution < -0.4 is 4.90 Å². The summed E-state index contributed by atoms with van der Waals surface area (Å²) in [5.74, 6) is -0.258. The minimum absolute atomic E-state index is 0.00789. The SMILES string of the molecule is CC(C)c1coc([C@@H](C(C)C)N(C)C(=N)/C(=N\[SH](=O)=O)N(C)c2cccc(C(=O)N(C)C)c2O)c1. The summed E-state index contributed by atoms with van der Waals surface area (Å²) in [7, 11) is 3.01. The third kappa shape index (κ3) is 6.21. The van der Waals surface area contributed by atoms with E-state index in [4.69, 9.17) is 9.83 Å². The number of thiol groups is 1. The first-order valence-corrected chi connectivity index (χ1v) is 12.3. The molecule has 1 amide bonds. The average molecular weight is 506 g/mol. The zero-order chi connectivity index (χ0) is 26.6. The van der Waals surface area contributed by atoms with Gasteiger partial charge in [0.25, 0.3) is 5.91 Å². The number of phenols is 1. The van der Waals surface area contributed by atoms with Crippen molar-refractivity contribution < 1.29 is 22.7 Å². The lowest BCUT2D eigenvalue weighted by Gasteiger charge is -2.34.